The van der Waals surface area contributed by atoms with Gasteiger partial charge in [-0.05, 0) is 96.3 Å². The van der Waals surface area contributed by atoms with Crippen molar-refractivity contribution in [3.8, 4) is 0 Å². The standard InChI is InChI=1S/C63H109NO3/c1-3-5-7-9-11-13-15-17-19-21-23-25-27-29-30-31-32-33-34-35-37-39-41-43-45-47-49-51-53-55-57-59-63(67)64-61(60-65)62(66)58-56-54-52-50-48-46-44-42-40-38-36-28-26-24-22-20-18-16-14-12-10-8-6-4-2/h5,7,11,13,17,19,23,25,29-30,32-33,40,42,48,50,56,58,61-62,65-66H,3-4,6,8-10,12,14-16,18,20-22,24,26-28,31,34-39,41,43-47,49,51-55,57,59-60H2,1-2H3,(H,64,67)/b7-5-,13-11-,19-17-,25-23-,30-29-,33-32-,42-40+,50-48+,58-56+. The van der Waals surface area contributed by atoms with Crippen LogP contribution in [0, 0.1) is 0 Å². The number of rotatable bonds is 51. The number of carbonyl (C=O) groups is 1. The van der Waals surface area contributed by atoms with Crippen LogP contribution in [0.1, 0.15) is 264 Å². The number of unbranched alkanes of at least 4 members (excludes halogenated alkanes) is 28. The van der Waals surface area contributed by atoms with E-state index in [1.54, 1.807) is 6.08 Å². The Balaban J connectivity index is 3.61. The van der Waals surface area contributed by atoms with Crippen molar-refractivity contribution in [2.75, 3.05) is 6.61 Å². The van der Waals surface area contributed by atoms with E-state index in [2.05, 4.69) is 116 Å². The van der Waals surface area contributed by atoms with Crippen LogP contribution < -0.4 is 5.32 Å². The molecule has 0 heterocycles. The summed E-state index contributed by atoms with van der Waals surface area (Å²) < 4.78 is 0. The minimum absolute atomic E-state index is 0.0829. The number of nitrogens with one attached hydrogen (secondary N) is 1. The van der Waals surface area contributed by atoms with Gasteiger partial charge in [-0.1, -0.05) is 271 Å². The van der Waals surface area contributed by atoms with Crippen LogP contribution in [0.3, 0.4) is 0 Å². The van der Waals surface area contributed by atoms with Gasteiger partial charge in [-0.15, -0.1) is 0 Å². The van der Waals surface area contributed by atoms with Gasteiger partial charge in [0, 0.05) is 6.42 Å². The lowest BCUT2D eigenvalue weighted by atomic mass is 10.0. The number of amides is 1. The Morgan fingerprint density at radius 2 is 0.672 bits per heavy atom. The molecule has 0 aliphatic rings. The van der Waals surface area contributed by atoms with Gasteiger partial charge in [0.25, 0.3) is 0 Å². The van der Waals surface area contributed by atoms with E-state index in [4.69, 9.17) is 0 Å². The Labute approximate surface area is 416 Å². The van der Waals surface area contributed by atoms with Crippen molar-refractivity contribution >= 4 is 5.91 Å². The van der Waals surface area contributed by atoms with Crippen molar-refractivity contribution in [1.29, 1.82) is 0 Å². The van der Waals surface area contributed by atoms with Gasteiger partial charge in [0.1, 0.15) is 0 Å². The molecule has 4 heteroatoms. The maximum absolute atomic E-state index is 12.5. The van der Waals surface area contributed by atoms with Crippen LogP contribution in [-0.4, -0.2) is 34.9 Å². The molecular formula is C63H109NO3. The fourth-order valence-electron chi connectivity index (χ4n) is 8.16. The van der Waals surface area contributed by atoms with Gasteiger partial charge in [0.05, 0.1) is 18.8 Å². The van der Waals surface area contributed by atoms with E-state index in [0.29, 0.717) is 6.42 Å². The highest BCUT2D eigenvalue weighted by Gasteiger charge is 2.17. The monoisotopic (exact) mass is 928 g/mol. The molecule has 0 spiro atoms. The smallest absolute Gasteiger partial charge is 0.220 e. The molecule has 0 aliphatic heterocycles. The first kappa shape index (κ1) is 64.0. The van der Waals surface area contributed by atoms with Crippen molar-refractivity contribution in [1.82, 2.24) is 5.32 Å². The molecule has 0 fully saturated rings. The third-order valence-electron chi connectivity index (χ3n) is 12.5. The summed E-state index contributed by atoms with van der Waals surface area (Å²) in [5.74, 6) is -0.0829. The van der Waals surface area contributed by atoms with Gasteiger partial charge in [-0.25, -0.2) is 0 Å². The van der Waals surface area contributed by atoms with Gasteiger partial charge < -0.3 is 15.5 Å². The summed E-state index contributed by atoms with van der Waals surface area (Å²) >= 11 is 0. The topological polar surface area (TPSA) is 69.6 Å². The zero-order valence-corrected chi connectivity index (χ0v) is 44.1. The highest BCUT2D eigenvalue weighted by Crippen LogP contribution is 2.15. The van der Waals surface area contributed by atoms with Gasteiger partial charge in [0.15, 0.2) is 0 Å². The second kappa shape index (κ2) is 57.4. The van der Waals surface area contributed by atoms with Crippen molar-refractivity contribution in [3.63, 3.8) is 0 Å². The number of allylic oxidation sites excluding steroid dienone is 17. The fourth-order valence-corrected chi connectivity index (χ4v) is 8.16. The molecule has 0 bridgehead atoms. The van der Waals surface area contributed by atoms with Crippen LogP contribution in [-0.2, 0) is 4.79 Å². The lowest BCUT2D eigenvalue weighted by Crippen LogP contribution is -2.45. The third kappa shape index (κ3) is 53.9. The van der Waals surface area contributed by atoms with E-state index < -0.39 is 12.1 Å². The first-order valence-electron chi connectivity index (χ1n) is 28.6. The SMILES string of the molecule is CC/C=C\C/C=C\C/C=C\C/C=C\C/C=C\C/C=C\CCCCCCCCCCCCCCC(=O)NC(CO)C(O)/C=C/CC/C=C/CC/C=C/CCCCCCCCCCCCCCCC. The second-order valence-electron chi connectivity index (χ2n) is 19.0. The zero-order chi connectivity index (χ0) is 48.5. The predicted octanol–water partition coefficient (Wildman–Crippen LogP) is 19.1. The normalized spacial score (nSPS) is 13.7. The second-order valence-corrected chi connectivity index (χ2v) is 19.0. The van der Waals surface area contributed by atoms with E-state index >= 15 is 0 Å². The van der Waals surface area contributed by atoms with Crippen LogP contribution in [0.15, 0.2) is 109 Å². The van der Waals surface area contributed by atoms with Crippen LogP contribution in [0.4, 0.5) is 0 Å². The highest BCUT2D eigenvalue weighted by molar-refractivity contribution is 5.76. The van der Waals surface area contributed by atoms with Gasteiger partial charge >= 0.3 is 0 Å². The van der Waals surface area contributed by atoms with Gasteiger partial charge in [0.2, 0.25) is 5.91 Å². The number of hydrogen-bond acceptors (Lipinski definition) is 3. The maximum Gasteiger partial charge on any atom is 0.220 e. The number of hydrogen-bond donors (Lipinski definition) is 3. The first-order chi connectivity index (χ1) is 33.2. The Bertz CT molecular complexity index is 1280. The minimum Gasteiger partial charge on any atom is -0.394 e. The molecule has 3 N–H and O–H groups in total. The largest absolute Gasteiger partial charge is 0.394 e. The number of aliphatic hydroxyl groups is 2. The average molecular weight is 929 g/mol. The van der Waals surface area contributed by atoms with Gasteiger partial charge in [-0.3, -0.25) is 4.79 Å². The summed E-state index contributed by atoms with van der Waals surface area (Å²) in [7, 11) is 0. The van der Waals surface area contributed by atoms with Crippen molar-refractivity contribution in [3.05, 3.63) is 109 Å². The predicted molar refractivity (Wildman–Crippen MR) is 299 cm³/mol. The molecule has 2 atom stereocenters. The Kier molecular flexibility index (Phi) is 54.8. The molecule has 0 aliphatic carbocycles. The molecule has 2 unspecified atom stereocenters. The molecule has 4 nitrogen and oxygen atoms in total. The summed E-state index contributed by atoms with van der Waals surface area (Å²) in [4.78, 5) is 12.5. The average Bonchev–Trinajstić information content (AvgIpc) is 3.33. The molecule has 0 rings (SSSR count). The van der Waals surface area contributed by atoms with E-state index in [1.807, 2.05) is 6.08 Å². The number of carbonyl (C=O) groups excluding carboxylic acids is 1. The summed E-state index contributed by atoms with van der Waals surface area (Å²) in [6, 6.07) is -0.654. The van der Waals surface area contributed by atoms with Crippen molar-refractivity contribution < 1.29 is 15.0 Å². The van der Waals surface area contributed by atoms with Crippen LogP contribution in [0.5, 0.6) is 0 Å². The van der Waals surface area contributed by atoms with E-state index in [-0.39, 0.29) is 12.5 Å². The van der Waals surface area contributed by atoms with E-state index in [0.717, 1.165) is 77.0 Å². The number of aliphatic hydroxyl groups excluding tert-OH is 2. The summed E-state index contributed by atoms with van der Waals surface area (Å²) in [6.07, 6.45) is 86.8. The third-order valence-corrected chi connectivity index (χ3v) is 12.5. The van der Waals surface area contributed by atoms with Crippen molar-refractivity contribution in [2.45, 2.75) is 276 Å². The molecular weight excluding hydrogens is 819 g/mol. The van der Waals surface area contributed by atoms with E-state index in [9.17, 15) is 15.0 Å². The lowest BCUT2D eigenvalue weighted by molar-refractivity contribution is -0.123. The van der Waals surface area contributed by atoms with Crippen molar-refractivity contribution in [2.24, 2.45) is 0 Å². The molecule has 0 radical (unpaired) electrons. The Morgan fingerprint density at radius 3 is 1.04 bits per heavy atom. The molecule has 0 saturated carbocycles. The minimum atomic E-state index is -0.879. The maximum atomic E-state index is 12.5. The molecule has 384 valence electrons. The molecule has 0 aromatic rings. The van der Waals surface area contributed by atoms with Crippen LogP contribution in [0.25, 0.3) is 0 Å². The van der Waals surface area contributed by atoms with Crippen LogP contribution in [0.2, 0.25) is 0 Å². The summed E-state index contributed by atoms with van der Waals surface area (Å²) in [5.41, 5.74) is 0. The molecule has 0 saturated heterocycles. The molecule has 0 aromatic carbocycles. The molecule has 0 aromatic heterocycles. The molecule has 67 heavy (non-hydrogen) atoms. The lowest BCUT2D eigenvalue weighted by Gasteiger charge is -2.19. The fraction of sp³-hybridized carbons (Fsp3) is 0.698. The molecule has 1 amide bonds. The highest BCUT2D eigenvalue weighted by atomic mass is 16.3. The van der Waals surface area contributed by atoms with Gasteiger partial charge in [-0.2, -0.15) is 0 Å². The Hall–Kier alpha value is -2.95. The summed E-state index contributed by atoms with van der Waals surface area (Å²) in [5, 5.41) is 23.2. The van der Waals surface area contributed by atoms with Crippen LogP contribution >= 0.6 is 0 Å². The van der Waals surface area contributed by atoms with E-state index in [1.165, 1.54) is 167 Å². The first-order valence-corrected chi connectivity index (χ1v) is 28.6. The summed E-state index contributed by atoms with van der Waals surface area (Å²) in [6.45, 7) is 4.19. The zero-order valence-electron chi connectivity index (χ0n) is 44.1. The Morgan fingerprint density at radius 1 is 0.373 bits per heavy atom. The quantitative estimate of drug-likeness (QED) is 0.0420.